The Morgan fingerprint density at radius 3 is 2.62 bits per heavy atom. The van der Waals surface area contributed by atoms with E-state index in [9.17, 15) is 9.90 Å². The van der Waals surface area contributed by atoms with Gasteiger partial charge < -0.3 is 25.2 Å². The highest BCUT2D eigenvalue weighted by Gasteiger charge is 2.09. The Balaban J connectivity index is 1.79. The summed E-state index contributed by atoms with van der Waals surface area (Å²) in [6.45, 7) is 0.770. The summed E-state index contributed by atoms with van der Waals surface area (Å²) in [5.41, 5.74) is 0.316. The number of aromatic hydroxyl groups is 1. The van der Waals surface area contributed by atoms with Crippen molar-refractivity contribution in [3.63, 3.8) is 0 Å². The van der Waals surface area contributed by atoms with Crippen molar-refractivity contribution in [2.24, 2.45) is 0 Å². The molecule has 3 N–H and O–H groups in total. The number of nitrogens with one attached hydrogen (secondary N) is 2. The molecule has 1 amide bonds. The molecule has 0 aliphatic carbocycles. The van der Waals surface area contributed by atoms with Crippen LogP contribution in [-0.4, -0.2) is 31.3 Å². The molecule has 0 saturated heterocycles. The lowest BCUT2D eigenvalue weighted by atomic mass is 10.2. The molecule has 0 fully saturated rings. The lowest BCUT2D eigenvalue weighted by Gasteiger charge is -2.08. The zero-order chi connectivity index (χ0) is 18.8. The quantitative estimate of drug-likeness (QED) is 0.382. The number of nitrogens with zero attached hydrogens (tertiary/aromatic N) is 1. The molecule has 0 saturated carbocycles. The molecule has 0 heterocycles. The molecule has 7 nitrogen and oxygen atoms in total. The number of nitriles is 1. The van der Waals surface area contributed by atoms with Gasteiger partial charge in [-0.2, -0.15) is 5.26 Å². The van der Waals surface area contributed by atoms with Crippen molar-refractivity contribution in [2.75, 3.05) is 25.6 Å². The van der Waals surface area contributed by atoms with Crippen LogP contribution in [0, 0.1) is 11.3 Å². The van der Waals surface area contributed by atoms with Crippen LogP contribution in [0.1, 0.15) is 0 Å². The van der Waals surface area contributed by atoms with Crippen LogP contribution in [0.25, 0.3) is 0 Å². The van der Waals surface area contributed by atoms with Crippen LogP contribution in [0.5, 0.6) is 17.2 Å². The van der Waals surface area contributed by atoms with Crippen molar-refractivity contribution in [2.45, 2.75) is 0 Å². The van der Waals surface area contributed by atoms with E-state index in [4.69, 9.17) is 14.7 Å². The average molecular weight is 353 g/mol. The fraction of sp³-hybridized carbons (Fsp3) is 0.158. The number of rotatable bonds is 8. The SMILES string of the molecule is COc1ccc(OCCN/C=C(/C#N)C(=O)Nc2cccc(O)c2)cc1. The van der Waals surface area contributed by atoms with E-state index in [1.165, 1.54) is 18.3 Å². The van der Waals surface area contributed by atoms with Gasteiger partial charge in [-0.3, -0.25) is 4.79 Å². The maximum absolute atomic E-state index is 12.0. The van der Waals surface area contributed by atoms with E-state index >= 15 is 0 Å². The fourth-order valence-electron chi connectivity index (χ4n) is 2.00. The van der Waals surface area contributed by atoms with Crippen LogP contribution in [0.3, 0.4) is 0 Å². The van der Waals surface area contributed by atoms with E-state index < -0.39 is 5.91 Å². The Bertz CT molecular complexity index is 810. The van der Waals surface area contributed by atoms with Gasteiger partial charge in [0.15, 0.2) is 0 Å². The van der Waals surface area contributed by atoms with Gasteiger partial charge in [-0.1, -0.05) is 6.07 Å². The Labute approximate surface area is 151 Å². The minimum absolute atomic E-state index is 0.0269. The highest BCUT2D eigenvalue weighted by Crippen LogP contribution is 2.17. The fourth-order valence-corrected chi connectivity index (χ4v) is 2.00. The third-order valence-electron chi connectivity index (χ3n) is 3.29. The summed E-state index contributed by atoms with van der Waals surface area (Å²) >= 11 is 0. The first kappa shape index (κ1) is 18.7. The monoisotopic (exact) mass is 353 g/mol. The van der Waals surface area contributed by atoms with Gasteiger partial charge in [0.05, 0.1) is 7.11 Å². The Morgan fingerprint density at radius 1 is 1.23 bits per heavy atom. The molecule has 0 aromatic heterocycles. The van der Waals surface area contributed by atoms with E-state index in [0.717, 1.165) is 5.75 Å². The number of hydrogen-bond donors (Lipinski definition) is 3. The summed E-state index contributed by atoms with van der Waals surface area (Å²) in [6.07, 6.45) is 1.33. The second-order valence-corrected chi connectivity index (χ2v) is 5.15. The number of methoxy groups -OCH3 is 1. The molecular weight excluding hydrogens is 334 g/mol. The van der Waals surface area contributed by atoms with Gasteiger partial charge in [0.25, 0.3) is 5.91 Å². The van der Waals surface area contributed by atoms with Crippen LogP contribution in [0.15, 0.2) is 60.3 Å². The minimum atomic E-state index is -0.568. The molecule has 2 aromatic rings. The van der Waals surface area contributed by atoms with Crippen LogP contribution < -0.4 is 20.1 Å². The molecule has 0 aliphatic rings. The van der Waals surface area contributed by atoms with Crippen LogP contribution in [-0.2, 0) is 4.79 Å². The first-order valence-electron chi connectivity index (χ1n) is 7.83. The second kappa shape index (κ2) is 9.59. The Morgan fingerprint density at radius 2 is 1.96 bits per heavy atom. The summed E-state index contributed by atoms with van der Waals surface area (Å²) in [6, 6.07) is 15.1. The van der Waals surface area contributed by atoms with Gasteiger partial charge >= 0.3 is 0 Å². The molecule has 134 valence electrons. The van der Waals surface area contributed by atoms with E-state index in [2.05, 4.69) is 10.6 Å². The number of ether oxygens (including phenoxy) is 2. The molecule has 7 heteroatoms. The zero-order valence-corrected chi connectivity index (χ0v) is 14.2. The third-order valence-corrected chi connectivity index (χ3v) is 3.29. The topological polar surface area (TPSA) is 104 Å². The van der Waals surface area contributed by atoms with E-state index in [1.54, 1.807) is 43.5 Å². The van der Waals surface area contributed by atoms with E-state index in [0.29, 0.717) is 24.6 Å². The van der Waals surface area contributed by atoms with E-state index in [-0.39, 0.29) is 11.3 Å². The number of benzene rings is 2. The van der Waals surface area contributed by atoms with E-state index in [1.807, 2.05) is 6.07 Å². The van der Waals surface area contributed by atoms with Gasteiger partial charge in [0.1, 0.15) is 35.5 Å². The standard InChI is InChI=1S/C19H19N3O4/c1-25-17-5-7-18(8-6-17)26-10-9-21-13-14(12-20)19(24)22-15-3-2-4-16(23)11-15/h2-8,11,13,21,23H,9-10H2,1H3,(H,22,24)/b14-13-. The normalized spacial score (nSPS) is 10.5. The number of carbonyl (C=O) groups is 1. The number of hydrogen-bond acceptors (Lipinski definition) is 6. The lowest BCUT2D eigenvalue weighted by molar-refractivity contribution is -0.112. The molecule has 0 unspecified atom stereocenters. The van der Waals surface area contributed by atoms with Crippen molar-refractivity contribution in [1.29, 1.82) is 5.26 Å². The highest BCUT2D eigenvalue weighted by molar-refractivity contribution is 6.06. The Hall–Kier alpha value is -3.66. The number of phenolic OH excluding ortho intramolecular Hbond substituents is 1. The first-order valence-corrected chi connectivity index (χ1v) is 7.83. The maximum atomic E-state index is 12.0. The van der Waals surface area contributed by atoms with Crippen LogP contribution >= 0.6 is 0 Å². The molecule has 2 aromatic carbocycles. The number of amides is 1. The molecule has 0 atom stereocenters. The van der Waals surface area contributed by atoms with Gasteiger partial charge in [0.2, 0.25) is 0 Å². The molecule has 0 radical (unpaired) electrons. The molecule has 0 spiro atoms. The third kappa shape index (κ3) is 5.76. The molecule has 0 aliphatic heterocycles. The van der Waals surface area contributed by atoms with Gasteiger partial charge in [0, 0.05) is 24.5 Å². The van der Waals surface area contributed by atoms with Crippen molar-refractivity contribution >= 4 is 11.6 Å². The van der Waals surface area contributed by atoms with Gasteiger partial charge in [-0.15, -0.1) is 0 Å². The minimum Gasteiger partial charge on any atom is -0.508 e. The zero-order valence-electron chi connectivity index (χ0n) is 14.2. The Kier molecular flexibility index (Phi) is 6.89. The van der Waals surface area contributed by atoms with Crippen molar-refractivity contribution in [3.05, 3.63) is 60.3 Å². The molecular formula is C19H19N3O4. The van der Waals surface area contributed by atoms with Crippen LogP contribution in [0.4, 0.5) is 5.69 Å². The summed E-state index contributed by atoms with van der Waals surface area (Å²) in [4.78, 5) is 12.0. The smallest absolute Gasteiger partial charge is 0.267 e. The summed E-state index contributed by atoms with van der Waals surface area (Å²) < 4.78 is 10.6. The predicted octanol–water partition coefficient (Wildman–Crippen LogP) is 2.42. The lowest BCUT2D eigenvalue weighted by Crippen LogP contribution is -2.20. The molecule has 26 heavy (non-hydrogen) atoms. The molecule has 0 bridgehead atoms. The summed E-state index contributed by atoms with van der Waals surface area (Å²) in [7, 11) is 1.59. The number of carbonyl (C=O) groups excluding carboxylic acids is 1. The number of phenols is 1. The largest absolute Gasteiger partial charge is 0.508 e. The highest BCUT2D eigenvalue weighted by atomic mass is 16.5. The summed E-state index contributed by atoms with van der Waals surface area (Å²) in [5, 5.41) is 23.9. The summed E-state index contributed by atoms with van der Waals surface area (Å²) in [5.74, 6) is 0.897. The molecule has 2 rings (SSSR count). The second-order valence-electron chi connectivity index (χ2n) is 5.15. The van der Waals surface area contributed by atoms with Crippen molar-refractivity contribution < 1.29 is 19.4 Å². The van der Waals surface area contributed by atoms with Crippen molar-refractivity contribution in [3.8, 4) is 23.3 Å². The van der Waals surface area contributed by atoms with Crippen LogP contribution in [0.2, 0.25) is 0 Å². The maximum Gasteiger partial charge on any atom is 0.267 e. The van der Waals surface area contributed by atoms with Crippen molar-refractivity contribution in [1.82, 2.24) is 5.32 Å². The van der Waals surface area contributed by atoms with Gasteiger partial charge in [-0.25, -0.2) is 0 Å². The average Bonchev–Trinajstić information content (AvgIpc) is 2.65. The predicted molar refractivity (Wildman–Crippen MR) is 96.9 cm³/mol. The first-order chi connectivity index (χ1) is 12.6. The van der Waals surface area contributed by atoms with Gasteiger partial charge in [-0.05, 0) is 36.4 Å². The number of anilines is 1.